The van der Waals surface area contributed by atoms with Gasteiger partial charge < -0.3 is 4.74 Å². The van der Waals surface area contributed by atoms with Gasteiger partial charge in [0.15, 0.2) is 5.78 Å². The van der Waals surface area contributed by atoms with Gasteiger partial charge in [-0.25, -0.2) is 0 Å². The summed E-state index contributed by atoms with van der Waals surface area (Å²) < 4.78 is 5.44. The SMILES string of the molecule is Cc1nnc(-c2ccc3cnc(CC(=O)CN4CCOC[C@H]4C)cc3c2)s1. The molecule has 1 aliphatic rings. The molecule has 1 saturated heterocycles. The van der Waals surface area contributed by atoms with E-state index in [4.69, 9.17) is 4.74 Å². The Labute approximate surface area is 162 Å². The van der Waals surface area contributed by atoms with Crippen LogP contribution in [0.4, 0.5) is 0 Å². The Morgan fingerprint density at radius 1 is 1.30 bits per heavy atom. The van der Waals surface area contributed by atoms with E-state index in [9.17, 15) is 4.79 Å². The van der Waals surface area contributed by atoms with Crippen molar-refractivity contribution in [2.45, 2.75) is 26.3 Å². The lowest BCUT2D eigenvalue weighted by molar-refractivity contribution is -0.121. The standard InChI is InChI=1S/C20H22N4O2S/c1-13-12-26-6-5-24(13)11-19(25)9-18-8-17-7-15(3-4-16(17)10-21-18)20-23-22-14(2)27-20/h3-4,7-8,10,13H,5-6,9,11-12H2,1-2H3/t13-/m1/s1. The van der Waals surface area contributed by atoms with Crippen LogP contribution in [0.5, 0.6) is 0 Å². The predicted octanol–water partition coefficient (Wildman–Crippen LogP) is 2.89. The fourth-order valence-electron chi connectivity index (χ4n) is 3.31. The largest absolute Gasteiger partial charge is 0.379 e. The Balaban J connectivity index is 1.51. The fraction of sp³-hybridized carbons (Fsp3) is 0.400. The summed E-state index contributed by atoms with van der Waals surface area (Å²) in [5.74, 6) is 0.187. The van der Waals surface area contributed by atoms with Gasteiger partial charge in [-0.3, -0.25) is 14.7 Å². The summed E-state index contributed by atoms with van der Waals surface area (Å²) in [5, 5.41) is 12.3. The van der Waals surface area contributed by atoms with Gasteiger partial charge >= 0.3 is 0 Å². The minimum Gasteiger partial charge on any atom is -0.379 e. The van der Waals surface area contributed by atoms with E-state index >= 15 is 0 Å². The summed E-state index contributed by atoms with van der Waals surface area (Å²) >= 11 is 1.58. The number of nitrogens with zero attached hydrogens (tertiary/aromatic N) is 4. The summed E-state index contributed by atoms with van der Waals surface area (Å²) in [6.07, 6.45) is 2.19. The maximum atomic E-state index is 12.5. The van der Waals surface area contributed by atoms with Gasteiger partial charge in [0.1, 0.15) is 10.0 Å². The Kier molecular flexibility index (Phi) is 5.24. The van der Waals surface area contributed by atoms with E-state index in [1.54, 1.807) is 11.3 Å². The summed E-state index contributed by atoms with van der Waals surface area (Å²) in [6.45, 7) is 6.69. The van der Waals surface area contributed by atoms with Crippen molar-refractivity contribution < 1.29 is 9.53 Å². The number of ether oxygens (including phenoxy) is 1. The lowest BCUT2D eigenvalue weighted by Crippen LogP contribution is -2.46. The molecule has 3 heterocycles. The lowest BCUT2D eigenvalue weighted by atomic mass is 10.1. The third-order valence-corrected chi connectivity index (χ3v) is 5.70. The predicted molar refractivity (Wildman–Crippen MR) is 106 cm³/mol. The van der Waals surface area contributed by atoms with Crippen LogP contribution in [0.25, 0.3) is 21.3 Å². The van der Waals surface area contributed by atoms with E-state index in [0.29, 0.717) is 26.2 Å². The van der Waals surface area contributed by atoms with Gasteiger partial charge in [-0.1, -0.05) is 23.5 Å². The maximum absolute atomic E-state index is 12.5. The van der Waals surface area contributed by atoms with Crippen LogP contribution in [0.2, 0.25) is 0 Å². The number of Topliss-reactive ketones (excluding diaryl/α,β-unsaturated/α-hetero) is 1. The summed E-state index contributed by atoms with van der Waals surface area (Å²) in [7, 11) is 0. The molecule has 7 heteroatoms. The molecular formula is C20H22N4O2S. The highest BCUT2D eigenvalue weighted by atomic mass is 32.1. The third-order valence-electron chi connectivity index (χ3n) is 4.81. The van der Waals surface area contributed by atoms with Crippen molar-refractivity contribution in [2.75, 3.05) is 26.3 Å². The van der Waals surface area contributed by atoms with Crippen LogP contribution in [0, 0.1) is 6.92 Å². The van der Waals surface area contributed by atoms with Crippen LogP contribution in [-0.4, -0.2) is 58.2 Å². The number of benzene rings is 1. The quantitative estimate of drug-likeness (QED) is 0.676. The zero-order chi connectivity index (χ0) is 18.8. The number of hydrogen-bond donors (Lipinski definition) is 0. The number of fused-ring (bicyclic) bond motifs is 1. The first-order chi connectivity index (χ1) is 13.1. The highest BCUT2D eigenvalue weighted by molar-refractivity contribution is 7.14. The molecule has 0 unspecified atom stereocenters. The maximum Gasteiger partial charge on any atom is 0.152 e. The van der Waals surface area contributed by atoms with Gasteiger partial charge in [0, 0.05) is 35.4 Å². The Morgan fingerprint density at radius 2 is 2.19 bits per heavy atom. The van der Waals surface area contributed by atoms with Crippen LogP contribution in [0.1, 0.15) is 17.6 Å². The summed E-state index contributed by atoms with van der Waals surface area (Å²) in [6, 6.07) is 8.46. The van der Waals surface area contributed by atoms with E-state index in [0.717, 1.165) is 38.6 Å². The van der Waals surface area contributed by atoms with Gasteiger partial charge in [-0.2, -0.15) is 0 Å². The van der Waals surface area contributed by atoms with E-state index < -0.39 is 0 Å². The molecule has 140 valence electrons. The highest BCUT2D eigenvalue weighted by Gasteiger charge is 2.21. The van der Waals surface area contributed by atoms with Crippen molar-refractivity contribution >= 4 is 27.9 Å². The molecule has 1 atom stereocenters. The molecule has 0 spiro atoms. The molecule has 2 aromatic heterocycles. The first-order valence-electron chi connectivity index (χ1n) is 9.11. The molecule has 1 aliphatic heterocycles. The molecule has 3 aromatic rings. The second kappa shape index (κ2) is 7.80. The molecule has 6 nitrogen and oxygen atoms in total. The van der Waals surface area contributed by atoms with Gasteiger partial charge in [-0.05, 0) is 31.4 Å². The Morgan fingerprint density at radius 3 is 2.96 bits per heavy atom. The number of ketones is 1. The van der Waals surface area contributed by atoms with Crippen LogP contribution in [0.15, 0.2) is 30.5 Å². The smallest absolute Gasteiger partial charge is 0.152 e. The molecule has 1 fully saturated rings. The van der Waals surface area contributed by atoms with Crippen molar-refractivity contribution in [1.29, 1.82) is 0 Å². The van der Waals surface area contributed by atoms with Crippen LogP contribution in [-0.2, 0) is 16.0 Å². The molecule has 1 aromatic carbocycles. The number of aryl methyl sites for hydroxylation is 1. The van der Waals surface area contributed by atoms with Crippen molar-refractivity contribution in [3.05, 3.63) is 41.2 Å². The molecular weight excluding hydrogens is 360 g/mol. The average Bonchev–Trinajstić information content (AvgIpc) is 3.09. The molecule has 0 radical (unpaired) electrons. The molecule has 27 heavy (non-hydrogen) atoms. The highest BCUT2D eigenvalue weighted by Crippen LogP contribution is 2.27. The molecule has 0 aliphatic carbocycles. The first kappa shape index (κ1) is 18.2. The van der Waals surface area contributed by atoms with Gasteiger partial charge in [0.2, 0.25) is 0 Å². The zero-order valence-electron chi connectivity index (χ0n) is 15.5. The second-order valence-electron chi connectivity index (χ2n) is 6.97. The average molecular weight is 382 g/mol. The van der Waals surface area contributed by atoms with Crippen molar-refractivity contribution in [3.63, 3.8) is 0 Å². The normalized spacial score (nSPS) is 18.1. The Hall–Kier alpha value is -2.22. The Bertz CT molecular complexity index is 972. The minimum atomic E-state index is 0.187. The topological polar surface area (TPSA) is 68.2 Å². The summed E-state index contributed by atoms with van der Waals surface area (Å²) in [4.78, 5) is 19.2. The molecule has 0 amide bonds. The number of rotatable bonds is 5. The van der Waals surface area contributed by atoms with E-state index in [1.165, 1.54) is 0 Å². The second-order valence-corrected chi connectivity index (χ2v) is 8.16. The number of carbonyl (C=O) groups is 1. The van der Waals surface area contributed by atoms with Crippen LogP contribution >= 0.6 is 11.3 Å². The first-order valence-corrected chi connectivity index (χ1v) is 9.93. The van der Waals surface area contributed by atoms with E-state index in [2.05, 4.69) is 33.1 Å². The van der Waals surface area contributed by atoms with Crippen LogP contribution in [0.3, 0.4) is 0 Å². The van der Waals surface area contributed by atoms with Crippen molar-refractivity contribution in [2.24, 2.45) is 0 Å². The molecule has 0 N–H and O–H groups in total. The van der Waals surface area contributed by atoms with Gasteiger partial charge in [0.05, 0.1) is 26.2 Å². The monoisotopic (exact) mass is 382 g/mol. The van der Waals surface area contributed by atoms with E-state index in [1.807, 2.05) is 31.3 Å². The molecule has 4 rings (SSSR count). The fourth-order valence-corrected chi connectivity index (χ4v) is 4.00. The number of hydrogen-bond acceptors (Lipinski definition) is 7. The third kappa shape index (κ3) is 4.21. The number of pyridine rings is 1. The van der Waals surface area contributed by atoms with Gasteiger partial charge in [-0.15, -0.1) is 10.2 Å². The van der Waals surface area contributed by atoms with Crippen molar-refractivity contribution in [3.8, 4) is 10.6 Å². The molecule has 0 bridgehead atoms. The zero-order valence-corrected chi connectivity index (χ0v) is 16.3. The number of morpholine rings is 1. The summed E-state index contributed by atoms with van der Waals surface area (Å²) in [5.41, 5.74) is 1.85. The minimum absolute atomic E-state index is 0.187. The molecule has 0 saturated carbocycles. The van der Waals surface area contributed by atoms with Gasteiger partial charge in [0.25, 0.3) is 0 Å². The van der Waals surface area contributed by atoms with Crippen molar-refractivity contribution in [1.82, 2.24) is 20.1 Å². The lowest BCUT2D eigenvalue weighted by Gasteiger charge is -2.32. The number of aromatic nitrogens is 3. The van der Waals surface area contributed by atoms with E-state index in [-0.39, 0.29) is 11.8 Å². The van der Waals surface area contributed by atoms with Crippen LogP contribution < -0.4 is 0 Å². The number of carbonyl (C=O) groups excluding carboxylic acids is 1.